The summed E-state index contributed by atoms with van der Waals surface area (Å²) in [5, 5.41) is 4.66. The van der Waals surface area contributed by atoms with E-state index in [0.29, 0.717) is 11.5 Å². The van der Waals surface area contributed by atoms with Crippen LogP contribution in [-0.2, 0) is 0 Å². The van der Waals surface area contributed by atoms with E-state index in [0.717, 1.165) is 26.1 Å². The maximum absolute atomic E-state index is 12.2. The second-order valence-electron chi connectivity index (χ2n) is 5.10. The minimum atomic E-state index is -0.224. The summed E-state index contributed by atoms with van der Waals surface area (Å²) in [4.78, 5) is 25.4. The SMILES string of the molecule is Cc1nc2ccc3cnc(NC(=O)c4ccccc4)nc3c2s1. The van der Waals surface area contributed by atoms with Crippen molar-refractivity contribution in [2.45, 2.75) is 6.92 Å². The molecule has 0 bridgehead atoms. The van der Waals surface area contributed by atoms with E-state index in [2.05, 4.69) is 20.3 Å². The number of carbonyl (C=O) groups is 1. The highest BCUT2D eigenvalue weighted by Gasteiger charge is 2.11. The molecule has 0 radical (unpaired) electrons. The van der Waals surface area contributed by atoms with Crippen molar-refractivity contribution in [3.8, 4) is 0 Å². The number of fused-ring (bicyclic) bond motifs is 3. The highest BCUT2D eigenvalue weighted by atomic mass is 32.1. The number of amides is 1. The van der Waals surface area contributed by atoms with Gasteiger partial charge in [0.15, 0.2) is 0 Å². The Hall–Kier alpha value is -2.86. The maximum atomic E-state index is 12.2. The first-order valence-electron chi connectivity index (χ1n) is 7.10. The first-order valence-corrected chi connectivity index (χ1v) is 7.92. The Kier molecular flexibility index (Phi) is 3.24. The number of carbonyl (C=O) groups excluding carboxylic acids is 1. The minimum Gasteiger partial charge on any atom is -0.290 e. The number of benzene rings is 2. The number of aryl methyl sites for hydroxylation is 1. The van der Waals surface area contributed by atoms with Crippen molar-refractivity contribution in [3.63, 3.8) is 0 Å². The third kappa shape index (κ3) is 2.53. The molecule has 0 atom stereocenters. The summed E-state index contributed by atoms with van der Waals surface area (Å²) in [5.74, 6) is 0.0718. The van der Waals surface area contributed by atoms with Crippen LogP contribution in [-0.4, -0.2) is 20.9 Å². The molecule has 4 aromatic rings. The Bertz CT molecular complexity index is 1030. The summed E-state index contributed by atoms with van der Waals surface area (Å²) < 4.78 is 1.01. The lowest BCUT2D eigenvalue weighted by Crippen LogP contribution is -2.13. The summed E-state index contributed by atoms with van der Waals surface area (Å²) in [6, 6.07) is 12.9. The molecule has 5 nitrogen and oxygen atoms in total. The van der Waals surface area contributed by atoms with Crippen molar-refractivity contribution in [1.82, 2.24) is 15.0 Å². The molecule has 112 valence electrons. The zero-order valence-electron chi connectivity index (χ0n) is 12.3. The number of nitrogens with zero attached hydrogens (tertiary/aromatic N) is 3. The molecule has 4 rings (SSSR count). The number of thiazole rings is 1. The molecule has 6 heteroatoms. The molecule has 0 aliphatic heterocycles. The fraction of sp³-hybridized carbons (Fsp3) is 0.0588. The summed E-state index contributed by atoms with van der Waals surface area (Å²) in [6.45, 7) is 1.97. The van der Waals surface area contributed by atoms with Crippen molar-refractivity contribution >= 4 is 44.3 Å². The topological polar surface area (TPSA) is 67.8 Å². The highest BCUT2D eigenvalue weighted by Crippen LogP contribution is 2.29. The van der Waals surface area contributed by atoms with Gasteiger partial charge in [0.2, 0.25) is 5.95 Å². The molecule has 2 heterocycles. The van der Waals surface area contributed by atoms with Gasteiger partial charge in [-0.2, -0.15) is 0 Å². The van der Waals surface area contributed by atoms with E-state index in [1.54, 1.807) is 29.7 Å². The smallest absolute Gasteiger partial charge is 0.258 e. The van der Waals surface area contributed by atoms with Gasteiger partial charge in [0, 0.05) is 17.1 Å². The van der Waals surface area contributed by atoms with Gasteiger partial charge in [-0.1, -0.05) is 18.2 Å². The Morgan fingerprint density at radius 2 is 1.91 bits per heavy atom. The molecule has 0 saturated heterocycles. The summed E-state index contributed by atoms with van der Waals surface area (Å²) >= 11 is 1.59. The molecule has 2 aromatic carbocycles. The van der Waals surface area contributed by atoms with E-state index in [1.165, 1.54) is 0 Å². The van der Waals surface area contributed by atoms with Crippen molar-refractivity contribution in [2.75, 3.05) is 5.32 Å². The zero-order chi connectivity index (χ0) is 15.8. The van der Waals surface area contributed by atoms with E-state index in [-0.39, 0.29) is 5.91 Å². The lowest BCUT2D eigenvalue weighted by molar-refractivity contribution is 0.102. The van der Waals surface area contributed by atoms with Crippen molar-refractivity contribution in [2.24, 2.45) is 0 Å². The Balaban J connectivity index is 1.76. The molecule has 0 fully saturated rings. The Morgan fingerprint density at radius 3 is 2.74 bits per heavy atom. The van der Waals surface area contributed by atoms with Crippen LogP contribution >= 0.6 is 11.3 Å². The van der Waals surface area contributed by atoms with Crippen LogP contribution in [0, 0.1) is 6.92 Å². The number of rotatable bonds is 2. The molecule has 23 heavy (non-hydrogen) atoms. The van der Waals surface area contributed by atoms with Crippen molar-refractivity contribution in [3.05, 3.63) is 59.2 Å². The predicted molar refractivity (Wildman–Crippen MR) is 91.8 cm³/mol. The molecular formula is C17H12N4OS. The van der Waals surface area contributed by atoms with E-state index >= 15 is 0 Å². The first-order chi connectivity index (χ1) is 11.2. The molecule has 1 N–H and O–H groups in total. The molecule has 0 unspecified atom stereocenters. The molecule has 0 spiro atoms. The third-order valence-corrected chi connectivity index (χ3v) is 4.47. The fourth-order valence-electron chi connectivity index (χ4n) is 2.41. The van der Waals surface area contributed by atoms with Crippen LogP contribution in [0.2, 0.25) is 0 Å². The molecule has 0 saturated carbocycles. The number of nitrogens with one attached hydrogen (secondary N) is 1. The van der Waals surface area contributed by atoms with Gasteiger partial charge in [-0.25, -0.2) is 15.0 Å². The number of anilines is 1. The molecule has 0 aliphatic rings. The van der Waals surface area contributed by atoms with Crippen molar-refractivity contribution < 1.29 is 4.79 Å². The van der Waals surface area contributed by atoms with Crippen LogP contribution in [0.5, 0.6) is 0 Å². The van der Waals surface area contributed by atoms with Gasteiger partial charge in [0.1, 0.15) is 0 Å². The summed E-state index contributed by atoms with van der Waals surface area (Å²) in [6.07, 6.45) is 1.72. The number of aromatic nitrogens is 3. The molecular weight excluding hydrogens is 308 g/mol. The normalized spacial score (nSPS) is 11.0. The molecule has 2 aromatic heterocycles. The second-order valence-corrected chi connectivity index (χ2v) is 6.30. The van der Waals surface area contributed by atoms with Gasteiger partial charge in [-0.05, 0) is 31.2 Å². The first kappa shape index (κ1) is 13.8. The summed E-state index contributed by atoms with van der Waals surface area (Å²) in [5.41, 5.74) is 2.30. The highest BCUT2D eigenvalue weighted by molar-refractivity contribution is 7.19. The zero-order valence-corrected chi connectivity index (χ0v) is 13.1. The van der Waals surface area contributed by atoms with E-state index < -0.39 is 0 Å². The van der Waals surface area contributed by atoms with Crippen LogP contribution < -0.4 is 5.32 Å². The number of hydrogen-bond donors (Lipinski definition) is 1. The van der Waals surface area contributed by atoms with E-state index in [9.17, 15) is 4.79 Å². The average molecular weight is 320 g/mol. The fourth-order valence-corrected chi connectivity index (χ4v) is 3.33. The Morgan fingerprint density at radius 1 is 1.09 bits per heavy atom. The minimum absolute atomic E-state index is 0.224. The quantitative estimate of drug-likeness (QED) is 0.610. The van der Waals surface area contributed by atoms with Crippen LogP contribution in [0.15, 0.2) is 48.7 Å². The lowest BCUT2D eigenvalue weighted by Gasteiger charge is -2.05. The van der Waals surface area contributed by atoms with E-state index in [1.807, 2.05) is 37.3 Å². The monoisotopic (exact) mass is 320 g/mol. The van der Waals surface area contributed by atoms with Crippen LogP contribution in [0.1, 0.15) is 15.4 Å². The van der Waals surface area contributed by atoms with Gasteiger partial charge in [0.05, 0.1) is 20.7 Å². The van der Waals surface area contributed by atoms with Crippen molar-refractivity contribution in [1.29, 1.82) is 0 Å². The van der Waals surface area contributed by atoms with Crippen LogP contribution in [0.3, 0.4) is 0 Å². The maximum Gasteiger partial charge on any atom is 0.258 e. The van der Waals surface area contributed by atoms with Gasteiger partial charge < -0.3 is 0 Å². The van der Waals surface area contributed by atoms with Gasteiger partial charge in [0.25, 0.3) is 5.91 Å². The largest absolute Gasteiger partial charge is 0.290 e. The Labute approximate surface area is 136 Å². The number of hydrogen-bond acceptors (Lipinski definition) is 5. The molecule has 1 amide bonds. The van der Waals surface area contributed by atoms with Gasteiger partial charge in [-0.15, -0.1) is 11.3 Å². The van der Waals surface area contributed by atoms with Crippen LogP contribution in [0.25, 0.3) is 21.1 Å². The molecule has 0 aliphatic carbocycles. The van der Waals surface area contributed by atoms with E-state index in [4.69, 9.17) is 0 Å². The van der Waals surface area contributed by atoms with Gasteiger partial charge in [-0.3, -0.25) is 10.1 Å². The van der Waals surface area contributed by atoms with Gasteiger partial charge >= 0.3 is 0 Å². The standard InChI is InChI=1S/C17H12N4OS/c1-10-19-13-8-7-12-9-18-17(20-14(12)15(13)23-10)21-16(22)11-5-3-2-4-6-11/h2-9H,1H3,(H,18,20,21,22). The predicted octanol–water partition coefficient (Wildman–Crippen LogP) is 3.80. The summed E-state index contributed by atoms with van der Waals surface area (Å²) in [7, 11) is 0. The van der Waals surface area contributed by atoms with Crippen LogP contribution in [0.4, 0.5) is 5.95 Å². The average Bonchev–Trinajstić information content (AvgIpc) is 2.96. The third-order valence-electron chi connectivity index (χ3n) is 3.47. The second kappa shape index (κ2) is 5.40. The lowest BCUT2D eigenvalue weighted by atomic mass is 10.2.